The van der Waals surface area contributed by atoms with Crippen LogP contribution < -0.4 is 5.32 Å². The Bertz CT molecular complexity index is 802. The van der Waals surface area contributed by atoms with Gasteiger partial charge in [-0.1, -0.05) is 18.2 Å². The van der Waals surface area contributed by atoms with E-state index in [4.69, 9.17) is 11.6 Å². The molecule has 1 aliphatic rings. The quantitative estimate of drug-likeness (QED) is 0.835. The fraction of sp³-hybridized carbons (Fsp3) is 0.0769. The predicted octanol–water partition coefficient (Wildman–Crippen LogP) is 4.78. The highest BCUT2D eigenvalue weighted by molar-refractivity contribution is 7.13. The van der Waals surface area contributed by atoms with E-state index in [-0.39, 0.29) is 0 Å². The lowest BCUT2D eigenvalue weighted by atomic mass is 10.2. The normalized spacial score (nSPS) is 15.4. The van der Waals surface area contributed by atoms with Crippen LogP contribution in [0, 0.1) is 0 Å². The second kappa shape index (κ2) is 5.53. The second-order valence-corrected chi connectivity index (χ2v) is 6.61. The molecule has 0 atom stereocenters. The highest BCUT2D eigenvalue weighted by Crippen LogP contribution is 2.37. The van der Waals surface area contributed by atoms with Crippen LogP contribution in [0.25, 0.3) is 5.70 Å². The number of rotatable bonds is 2. The molecule has 1 aliphatic heterocycles. The van der Waals surface area contributed by atoms with Gasteiger partial charge in [-0.2, -0.15) is 13.2 Å². The Morgan fingerprint density at radius 2 is 2.05 bits per heavy atom. The number of aliphatic imine (C=N–C) groups is 1. The first-order valence-corrected chi connectivity index (χ1v) is 7.95. The Morgan fingerprint density at radius 3 is 2.64 bits per heavy atom. The molecular weight excluding hydrogens is 355 g/mol. The smallest absolute Gasteiger partial charge is 0.338 e. The van der Waals surface area contributed by atoms with Crippen molar-refractivity contribution >= 4 is 45.8 Å². The van der Waals surface area contributed by atoms with Crippen molar-refractivity contribution in [3.63, 3.8) is 0 Å². The van der Waals surface area contributed by atoms with Crippen molar-refractivity contribution in [1.82, 2.24) is 10.3 Å². The zero-order valence-electron chi connectivity index (χ0n) is 10.7. The topological polar surface area (TPSA) is 37.3 Å². The van der Waals surface area contributed by atoms with Crippen LogP contribution in [0.3, 0.4) is 0 Å². The number of nitrogens with zero attached hydrogens (tertiary/aromatic N) is 2. The fourth-order valence-electron chi connectivity index (χ4n) is 1.75. The lowest BCUT2D eigenvalue weighted by Crippen LogP contribution is -2.25. The number of thiazole rings is 1. The molecule has 0 aliphatic carbocycles. The zero-order chi connectivity index (χ0) is 15.9. The summed E-state index contributed by atoms with van der Waals surface area (Å²) in [7, 11) is 0. The monoisotopic (exact) mass is 361 g/mol. The van der Waals surface area contributed by atoms with Gasteiger partial charge in [-0.05, 0) is 18.2 Å². The van der Waals surface area contributed by atoms with Gasteiger partial charge in [-0.15, -0.1) is 22.7 Å². The van der Waals surface area contributed by atoms with Crippen LogP contribution in [0.15, 0.2) is 40.9 Å². The van der Waals surface area contributed by atoms with Crippen molar-refractivity contribution < 1.29 is 13.2 Å². The molecule has 0 fully saturated rings. The van der Waals surface area contributed by atoms with Gasteiger partial charge in [-0.3, -0.25) is 0 Å². The molecule has 22 heavy (non-hydrogen) atoms. The first kappa shape index (κ1) is 15.3. The lowest BCUT2D eigenvalue weighted by Gasteiger charge is -2.14. The highest BCUT2D eigenvalue weighted by atomic mass is 35.5. The largest absolute Gasteiger partial charge is 0.425 e. The van der Waals surface area contributed by atoms with Gasteiger partial charge in [0.05, 0.1) is 10.6 Å². The Hall–Kier alpha value is -1.64. The van der Waals surface area contributed by atoms with Gasteiger partial charge in [0, 0.05) is 11.1 Å². The maximum Gasteiger partial charge on any atom is 0.425 e. The number of amidine groups is 1. The van der Waals surface area contributed by atoms with Crippen LogP contribution in [0.5, 0.6) is 0 Å². The summed E-state index contributed by atoms with van der Waals surface area (Å²) >= 11 is 7.70. The number of aromatic nitrogens is 1. The number of thiophene rings is 1. The van der Waals surface area contributed by atoms with Gasteiger partial charge in [0.1, 0.15) is 10.0 Å². The first-order valence-electron chi connectivity index (χ1n) is 5.88. The molecule has 0 aromatic carbocycles. The van der Waals surface area contributed by atoms with Crippen LogP contribution >= 0.6 is 34.3 Å². The van der Waals surface area contributed by atoms with Gasteiger partial charge in [0.25, 0.3) is 0 Å². The maximum atomic E-state index is 12.7. The van der Waals surface area contributed by atoms with Gasteiger partial charge in [0.15, 0.2) is 10.8 Å². The number of hydrogen-bond donors (Lipinski definition) is 1. The van der Waals surface area contributed by atoms with Crippen LogP contribution in [-0.2, 0) is 6.18 Å². The van der Waals surface area contributed by atoms with Crippen molar-refractivity contribution in [2.75, 3.05) is 0 Å². The molecule has 0 radical (unpaired) electrons. The Labute approximate surface area is 136 Å². The molecule has 2 aromatic heterocycles. The van der Waals surface area contributed by atoms with E-state index in [9.17, 15) is 13.2 Å². The third-order valence-corrected chi connectivity index (χ3v) is 4.96. The van der Waals surface area contributed by atoms with E-state index < -0.39 is 11.1 Å². The van der Waals surface area contributed by atoms with E-state index >= 15 is 0 Å². The number of nitrogens with one attached hydrogen (secondary N) is 1. The molecule has 0 bridgehead atoms. The summed E-state index contributed by atoms with van der Waals surface area (Å²) in [5, 5.41) is 5.46. The summed E-state index contributed by atoms with van der Waals surface area (Å²) in [4.78, 5) is 8.15. The van der Waals surface area contributed by atoms with Gasteiger partial charge < -0.3 is 5.32 Å². The van der Waals surface area contributed by atoms with E-state index in [0.29, 0.717) is 43.6 Å². The highest BCUT2D eigenvalue weighted by Gasteiger charge is 2.33. The number of hydrogen-bond acceptors (Lipinski definition) is 5. The summed E-state index contributed by atoms with van der Waals surface area (Å²) < 4.78 is 38.1. The fourth-order valence-corrected chi connectivity index (χ4v) is 3.48. The van der Waals surface area contributed by atoms with E-state index in [2.05, 4.69) is 21.9 Å². The van der Waals surface area contributed by atoms with Crippen molar-refractivity contribution in [3.8, 4) is 0 Å². The molecule has 0 unspecified atom stereocenters. The number of alkyl halides is 3. The van der Waals surface area contributed by atoms with Crippen molar-refractivity contribution in [2.24, 2.45) is 4.99 Å². The second-order valence-electron chi connectivity index (χ2n) is 4.28. The van der Waals surface area contributed by atoms with Crippen molar-refractivity contribution in [1.29, 1.82) is 0 Å². The minimum Gasteiger partial charge on any atom is -0.338 e. The molecule has 114 valence electrons. The van der Waals surface area contributed by atoms with Crippen LogP contribution in [-0.4, -0.2) is 10.8 Å². The first-order chi connectivity index (χ1) is 10.3. The zero-order valence-corrected chi connectivity index (χ0v) is 13.1. The summed E-state index contributed by atoms with van der Waals surface area (Å²) in [6.45, 7) is 3.79. The van der Waals surface area contributed by atoms with Gasteiger partial charge >= 0.3 is 6.18 Å². The molecule has 1 N–H and O–H groups in total. The summed E-state index contributed by atoms with van der Waals surface area (Å²) in [6, 6.07) is 2.44. The van der Waals surface area contributed by atoms with Crippen LogP contribution in [0.4, 0.5) is 13.2 Å². The average Bonchev–Trinajstić information content (AvgIpc) is 3.05. The molecule has 0 spiro atoms. The average molecular weight is 362 g/mol. The lowest BCUT2D eigenvalue weighted by molar-refractivity contribution is -0.134. The number of allylic oxidation sites excluding steroid dienone is 1. The molecule has 0 saturated carbocycles. The SMILES string of the molecule is C=C1C=C(c2ccc(C(F)(F)F)s2)N=C(c2nc(Cl)cs2)N1. The molecule has 3 heterocycles. The summed E-state index contributed by atoms with van der Waals surface area (Å²) in [6.07, 6.45) is -2.77. The molecule has 2 aromatic rings. The minimum absolute atomic E-state index is 0.335. The van der Waals surface area contributed by atoms with E-state index in [1.807, 2.05) is 0 Å². The maximum absolute atomic E-state index is 12.7. The van der Waals surface area contributed by atoms with E-state index in [0.717, 1.165) is 6.07 Å². The third-order valence-electron chi connectivity index (χ3n) is 2.64. The minimum atomic E-state index is -4.36. The Balaban J connectivity index is 1.97. The third kappa shape index (κ3) is 3.08. The van der Waals surface area contributed by atoms with Gasteiger partial charge in [-0.25, -0.2) is 9.98 Å². The molecule has 0 saturated heterocycles. The van der Waals surface area contributed by atoms with Crippen LogP contribution in [0.1, 0.15) is 14.8 Å². The Kier molecular flexibility index (Phi) is 3.84. The van der Waals surface area contributed by atoms with E-state index in [1.165, 1.54) is 17.4 Å². The standard InChI is InChI=1S/C13H7ClF3N3S2/c1-6-4-7(8-2-3-9(22-8)13(15,16)17)19-11(18-6)12-20-10(14)5-21-12/h2-5H,1H2,(H,18,19). The van der Waals surface area contributed by atoms with Crippen LogP contribution in [0.2, 0.25) is 5.15 Å². The summed E-state index contributed by atoms with van der Waals surface area (Å²) in [5.41, 5.74) is 0.929. The van der Waals surface area contributed by atoms with Crippen molar-refractivity contribution in [2.45, 2.75) is 6.18 Å². The summed E-state index contributed by atoms with van der Waals surface area (Å²) in [5.74, 6) is 0.418. The van der Waals surface area contributed by atoms with E-state index in [1.54, 1.807) is 11.5 Å². The molecular formula is C13H7ClF3N3S2. The number of halogens is 4. The molecule has 3 nitrogen and oxygen atoms in total. The molecule has 0 amide bonds. The van der Waals surface area contributed by atoms with Gasteiger partial charge in [0.2, 0.25) is 0 Å². The molecule has 3 rings (SSSR count). The predicted molar refractivity (Wildman–Crippen MR) is 83.2 cm³/mol. The Morgan fingerprint density at radius 1 is 1.27 bits per heavy atom. The van der Waals surface area contributed by atoms with Crippen molar-refractivity contribution in [3.05, 3.63) is 55.8 Å². The molecule has 9 heteroatoms.